The molecule has 0 bridgehead atoms. The van der Waals surface area contributed by atoms with Crippen LogP contribution >= 0.6 is 0 Å². The molecule has 0 saturated carbocycles. The summed E-state index contributed by atoms with van der Waals surface area (Å²) in [5.41, 5.74) is 1.03. The number of carboxylic acids is 1. The Kier molecular flexibility index (Phi) is 6.23. The molecule has 1 aromatic carbocycles. The predicted octanol–water partition coefficient (Wildman–Crippen LogP) is 0.381. The number of amides is 4. The lowest BCUT2D eigenvalue weighted by Crippen LogP contribution is -2.54. The molecule has 3 N–H and O–H groups in total. The van der Waals surface area contributed by atoms with Crippen LogP contribution in [0.3, 0.4) is 0 Å². The minimum absolute atomic E-state index is 0.0536. The molecule has 29 heavy (non-hydrogen) atoms. The lowest BCUT2D eigenvalue weighted by Gasteiger charge is -2.27. The van der Waals surface area contributed by atoms with Crippen molar-refractivity contribution in [3.05, 3.63) is 29.3 Å². The Hall–Kier alpha value is -3.27. The summed E-state index contributed by atoms with van der Waals surface area (Å²) in [6.07, 6.45) is 0.669. The highest BCUT2D eigenvalue weighted by Crippen LogP contribution is 2.29. The van der Waals surface area contributed by atoms with E-state index in [1.807, 2.05) is 0 Å². The van der Waals surface area contributed by atoms with Crippen molar-refractivity contribution >= 4 is 35.3 Å². The summed E-state index contributed by atoms with van der Waals surface area (Å²) < 4.78 is 5.33. The number of carbonyl (C=O) groups excluding carboxylic acids is 4. The van der Waals surface area contributed by atoms with E-state index in [-0.39, 0.29) is 30.4 Å². The van der Waals surface area contributed by atoms with E-state index in [2.05, 4.69) is 10.6 Å². The smallest absolute Gasteiger partial charge is 0.303 e. The van der Waals surface area contributed by atoms with Gasteiger partial charge in [0.05, 0.1) is 17.7 Å². The van der Waals surface area contributed by atoms with Crippen molar-refractivity contribution in [1.29, 1.82) is 0 Å². The zero-order valence-corrected chi connectivity index (χ0v) is 15.6. The number of hydrogen-bond acceptors (Lipinski definition) is 7. The molecule has 1 unspecified atom stereocenters. The number of piperidine rings is 1. The quantitative estimate of drug-likeness (QED) is 0.397. The second kappa shape index (κ2) is 8.82. The SMILES string of the molecule is O=C(O)CCCOCCNc1ccc2c(c1)C(=O)N(C1CCC(=O)NC1=O)C2=O. The van der Waals surface area contributed by atoms with Crippen molar-refractivity contribution in [2.45, 2.75) is 31.7 Å². The van der Waals surface area contributed by atoms with Gasteiger partial charge in [-0.3, -0.25) is 34.2 Å². The molecule has 0 radical (unpaired) electrons. The van der Waals surface area contributed by atoms with Crippen LogP contribution in [0.2, 0.25) is 0 Å². The van der Waals surface area contributed by atoms with Gasteiger partial charge in [-0.05, 0) is 31.0 Å². The van der Waals surface area contributed by atoms with Crippen LogP contribution in [0.1, 0.15) is 46.4 Å². The number of nitrogens with one attached hydrogen (secondary N) is 2. The van der Waals surface area contributed by atoms with Gasteiger partial charge in [0.25, 0.3) is 11.8 Å². The first-order chi connectivity index (χ1) is 13.9. The van der Waals surface area contributed by atoms with E-state index in [0.29, 0.717) is 31.9 Å². The summed E-state index contributed by atoms with van der Waals surface area (Å²) in [6.45, 7) is 1.13. The van der Waals surface area contributed by atoms with Crippen molar-refractivity contribution in [2.75, 3.05) is 25.1 Å². The van der Waals surface area contributed by atoms with Crippen LogP contribution in [-0.4, -0.2) is 65.4 Å². The molecule has 2 heterocycles. The van der Waals surface area contributed by atoms with Crippen LogP contribution in [0.4, 0.5) is 5.69 Å². The maximum absolute atomic E-state index is 12.7. The molecule has 10 heteroatoms. The monoisotopic (exact) mass is 403 g/mol. The lowest BCUT2D eigenvalue weighted by atomic mass is 10.0. The van der Waals surface area contributed by atoms with Gasteiger partial charge in [0.2, 0.25) is 11.8 Å². The first kappa shape index (κ1) is 20.5. The molecule has 2 aliphatic rings. The molecule has 10 nitrogen and oxygen atoms in total. The predicted molar refractivity (Wildman–Crippen MR) is 99.3 cm³/mol. The molecule has 0 aromatic heterocycles. The highest BCUT2D eigenvalue weighted by atomic mass is 16.5. The van der Waals surface area contributed by atoms with E-state index in [1.165, 1.54) is 6.07 Å². The van der Waals surface area contributed by atoms with Crippen molar-refractivity contribution in [3.63, 3.8) is 0 Å². The molecule has 0 aliphatic carbocycles. The standard InChI is InChI=1S/C19H21N3O7/c23-15-6-5-14(17(26)21-15)22-18(27)12-4-3-11(10-13(12)19(22)28)20-7-9-29-8-1-2-16(24)25/h3-4,10,14,20H,1-2,5-9H2,(H,24,25)(H,21,23,26). The molecule has 3 rings (SSSR count). The Morgan fingerprint density at radius 2 is 1.93 bits per heavy atom. The number of anilines is 1. The third-order valence-electron chi connectivity index (χ3n) is 4.69. The highest BCUT2D eigenvalue weighted by molar-refractivity contribution is 6.23. The van der Waals surface area contributed by atoms with E-state index < -0.39 is 35.6 Å². The summed E-state index contributed by atoms with van der Waals surface area (Å²) in [4.78, 5) is 60.0. The highest BCUT2D eigenvalue weighted by Gasteiger charge is 2.44. The van der Waals surface area contributed by atoms with Crippen LogP contribution in [0, 0.1) is 0 Å². The molecular weight excluding hydrogens is 382 g/mol. The van der Waals surface area contributed by atoms with Gasteiger partial charge in [-0.2, -0.15) is 0 Å². The van der Waals surface area contributed by atoms with Crippen LogP contribution in [0.5, 0.6) is 0 Å². The number of carboxylic acid groups (broad SMARTS) is 1. The van der Waals surface area contributed by atoms with Crippen molar-refractivity contribution < 1.29 is 33.8 Å². The Morgan fingerprint density at radius 1 is 1.17 bits per heavy atom. The van der Waals surface area contributed by atoms with Crippen LogP contribution in [-0.2, 0) is 19.1 Å². The molecule has 4 amide bonds. The fourth-order valence-corrected chi connectivity index (χ4v) is 3.28. The molecule has 154 valence electrons. The molecule has 1 saturated heterocycles. The molecular formula is C19H21N3O7. The van der Waals surface area contributed by atoms with E-state index in [9.17, 15) is 24.0 Å². The maximum Gasteiger partial charge on any atom is 0.303 e. The van der Waals surface area contributed by atoms with E-state index in [0.717, 1.165) is 4.90 Å². The third kappa shape index (κ3) is 4.60. The first-order valence-corrected chi connectivity index (χ1v) is 9.27. The largest absolute Gasteiger partial charge is 0.481 e. The number of hydrogen-bond donors (Lipinski definition) is 3. The van der Waals surface area contributed by atoms with Gasteiger partial charge in [-0.1, -0.05) is 0 Å². The first-order valence-electron chi connectivity index (χ1n) is 9.27. The fourth-order valence-electron chi connectivity index (χ4n) is 3.28. The minimum Gasteiger partial charge on any atom is -0.481 e. The fraction of sp³-hybridized carbons (Fsp3) is 0.421. The average molecular weight is 403 g/mol. The minimum atomic E-state index is -0.990. The van der Waals surface area contributed by atoms with Crippen LogP contribution in [0.25, 0.3) is 0 Å². The second-order valence-corrected chi connectivity index (χ2v) is 6.74. The zero-order valence-electron chi connectivity index (χ0n) is 15.6. The van der Waals surface area contributed by atoms with E-state index in [1.54, 1.807) is 12.1 Å². The summed E-state index contributed by atoms with van der Waals surface area (Å²) >= 11 is 0. The van der Waals surface area contributed by atoms with Gasteiger partial charge >= 0.3 is 5.97 Å². The zero-order chi connectivity index (χ0) is 21.0. The van der Waals surface area contributed by atoms with Crippen LogP contribution in [0.15, 0.2) is 18.2 Å². The van der Waals surface area contributed by atoms with Gasteiger partial charge in [-0.25, -0.2) is 0 Å². The Labute approximate surface area is 166 Å². The number of aliphatic carboxylic acids is 1. The maximum atomic E-state index is 12.7. The molecule has 1 atom stereocenters. The average Bonchev–Trinajstić information content (AvgIpc) is 2.91. The van der Waals surface area contributed by atoms with Crippen LogP contribution < -0.4 is 10.6 Å². The third-order valence-corrected chi connectivity index (χ3v) is 4.69. The van der Waals surface area contributed by atoms with Gasteiger partial charge in [0, 0.05) is 31.7 Å². The summed E-state index contributed by atoms with van der Waals surface area (Å²) in [6, 6.07) is 3.74. The number of imide groups is 2. The molecule has 1 aromatic rings. The number of carbonyl (C=O) groups is 5. The van der Waals surface area contributed by atoms with Crippen molar-refractivity contribution in [2.24, 2.45) is 0 Å². The Bertz CT molecular complexity index is 867. The van der Waals surface area contributed by atoms with E-state index in [4.69, 9.17) is 9.84 Å². The van der Waals surface area contributed by atoms with Crippen molar-refractivity contribution in [1.82, 2.24) is 10.2 Å². The molecule has 2 aliphatic heterocycles. The number of fused-ring (bicyclic) bond motifs is 1. The second-order valence-electron chi connectivity index (χ2n) is 6.74. The number of nitrogens with zero attached hydrogens (tertiary/aromatic N) is 1. The summed E-state index contributed by atoms with van der Waals surface area (Å²) in [5.74, 6) is -3.04. The van der Waals surface area contributed by atoms with Crippen molar-refractivity contribution in [3.8, 4) is 0 Å². The van der Waals surface area contributed by atoms with Gasteiger partial charge in [0.15, 0.2) is 0 Å². The van der Waals surface area contributed by atoms with Gasteiger partial charge in [-0.15, -0.1) is 0 Å². The Morgan fingerprint density at radius 3 is 2.66 bits per heavy atom. The number of ether oxygens (including phenoxy) is 1. The van der Waals surface area contributed by atoms with Gasteiger partial charge < -0.3 is 15.2 Å². The molecule has 0 spiro atoms. The number of benzene rings is 1. The van der Waals surface area contributed by atoms with E-state index >= 15 is 0 Å². The van der Waals surface area contributed by atoms with Gasteiger partial charge in [0.1, 0.15) is 6.04 Å². The lowest BCUT2D eigenvalue weighted by molar-refractivity contribution is -0.138. The normalized spacial score (nSPS) is 18.6. The topological polar surface area (TPSA) is 142 Å². The summed E-state index contributed by atoms with van der Waals surface area (Å²) in [5, 5.41) is 13.8. The molecule has 1 fully saturated rings. The number of rotatable bonds is 9. The Balaban J connectivity index is 1.57. The summed E-state index contributed by atoms with van der Waals surface area (Å²) in [7, 11) is 0.